The minimum absolute atomic E-state index is 0.212. The highest BCUT2D eigenvalue weighted by Crippen LogP contribution is 2.46. The molecule has 3 aromatic carbocycles. The van der Waals surface area contributed by atoms with E-state index in [1.165, 1.54) is 21.5 Å². The number of aliphatic hydroxyl groups is 1. The van der Waals surface area contributed by atoms with Crippen molar-refractivity contribution in [3.8, 4) is 0 Å². The van der Waals surface area contributed by atoms with Gasteiger partial charge in [0.05, 0.1) is 17.8 Å². The van der Waals surface area contributed by atoms with Gasteiger partial charge in [0, 0.05) is 12.8 Å². The highest BCUT2D eigenvalue weighted by Gasteiger charge is 2.45. The first-order valence-corrected chi connectivity index (χ1v) is 8.52. The summed E-state index contributed by atoms with van der Waals surface area (Å²) in [6.45, 7) is 0. The van der Waals surface area contributed by atoms with Gasteiger partial charge in [-0.1, -0.05) is 48.5 Å². The molecule has 5 rings (SSSR count). The highest BCUT2D eigenvalue weighted by atomic mass is 16.5. The standard InChI is InChI=1S/C21H20O2/c22-21(12-15-9-10-16(13-21)23-15)20-11-14-5-1-2-6-17(14)18-7-3-4-8-19(18)20/h1-8,11,15-16,22H,9-10,12-13H2. The second kappa shape index (κ2) is 4.80. The SMILES string of the molecule is OC1(c2cc3ccccc3c3ccccc23)CC2CCC(C1)O2. The molecule has 2 fully saturated rings. The molecule has 116 valence electrons. The van der Waals surface area contributed by atoms with E-state index >= 15 is 0 Å². The Kier molecular flexibility index (Phi) is 2.82. The van der Waals surface area contributed by atoms with Gasteiger partial charge in [-0.05, 0) is 46.0 Å². The van der Waals surface area contributed by atoms with Gasteiger partial charge in [-0.15, -0.1) is 0 Å². The zero-order chi connectivity index (χ0) is 15.4. The summed E-state index contributed by atoms with van der Waals surface area (Å²) in [5.74, 6) is 0. The van der Waals surface area contributed by atoms with Gasteiger partial charge in [0.2, 0.25) is 0 Å². The third-order valence-corrected chi connectivity index (χ3v) is 5.60. The molecule has 2 atom stereocenters. The number of rotatable bonds is 1. The first-order chi connectivity index (χ1) is 11.2. The van der Waals surface area contributed by atoms with Crippen LogP contribution >= 0.6 is 0 Å². The third kappa shape index (κ3) is 2.02. The van der Waals surface area contributed by atoms with Crippen LogP contribution in [-0.4, -0.2) is 17.3 Å². The van der Waals surface area contributed by atoms with Crippen molar-refractivity contribution in [2.24, 2.45) is 0 Å². The van der Waals surface area contributed by atoms with Gasteiger partial charge in [0.15, 0.2) is 0 Å². The van der Waals surface area contributed by atoms with E-state index < -0.39 is 5.60 Å². The van der Waals surface area contributed by atoms with Crippen molar-refractivity contribution in [2.45, 2.75) is 43.5 Å². The minimum Gasteiger partial charge on any atom is -0.385 e. The molecule has 23 heavy (non-hydrogen) atoms. The summed E-state index contributed by atoms with van der Waals surface area (Å²) in [6, 6.07) is 19.1. The zero-order valence-electron chi connectivity index (χ0n) is 13.0. The topological polar surface area (TPSA) is 29.5 Å². The lowest BCUT2D eigenvalue weighted by Crippen LogP contribution is -2.38. The summed E-state index contributed by atoms with van der Waals surface area (Å²) >= 11 is 0. The quantitative estimate of drug-likeness (QED) is 0.670. The molecule has 0 aliphatic carbocycles. The average molecular weight is 304 g/mol. The summed E-state index contributed by atoms with van der Waals surface area (Å²) < 4.78 is 5.95. The van der Waals surface area contributed by atoms with E-state index in [2.05, 4.69) is 54.6 Å². The van der Waals surface area contributed by atoms with Crippen molar-refractivity contribution in [1.29, 1.82) is 0 Å². The van der Waals surface area contributed by atoms with E-state index in [9.17, 15) is 5.11 Å². The number of hydrogen-bond donors (Lipinski definition) is 1. The summed E-state index contributed by atoms with van der Waals surface area (Å²) in [7, 11) is 0. The fourth-order valence-corrected chi connectivity index (χ4v) is 4.58. The van der Waals surface area contributed by atoms with E-state index in [-0.39, 0.29) is 12.2 Å². The number of fused-ring (bicyclic) bond motifs is 5. The molecule has 2 aliphatic heterocycles. The van der Waals surface area contributed by atoms with Crippen molar-refractivity contribution >= 4 is 21.5 Å². The average Bonchev–Trinajstić information content (AvgIpc) is 2.93. The number of ether oxygens (including phenoxy) is 1. The van der Waals surface area contributed by atoms with Gasteiger partial charge in [-0.3, -0.25) is 0 Å². The number of hydrogen-bond acceptors (Lipinski definition) is 2. The fraction of sp³-hybridized carbons (Fsp3) is 0.333. The molecule has 2 heterocycles. The Morgan fingerprint density at radius 1 is 0.826 bits per heavy atom. The molecule has 0 spiro atoms. The summed E-state index contributed by atoms with van der Waals surface area (Å²) in [4.78, 5) is 0. The van der Waals surface area contributed by atoms with Crippen molar-refractivity contribution in [3.63, 3.8) is 0 Å². The Labute approximate surface area is 135 Å². The Balaban J connectivity index is 1.80. The monoisotopic (exact) mass is 304 g/mol. The molecular weight excluding hydrogens is 284 g/mol. The van der Waals surface area contributed by atoms with Crippen molar-refractivity contribution in [1.82, 2.24) is 0 Å². The van der Waals surface area contributed by atoms with Gasteiger partial charge in [-0.25, -0.2) is 0 Å². The van der Waals surface area contributed by atoms with Crippen LogP contribution in [0.1, 0.15) is 31.2 Å². The molecule has 0 aromatic heterocycles. The largest absolute Gasteiger partial charge is 0.385 e. The van der Waals surface area contributed by atoms with Gasteiger partial charge in [0.1, 0.15) is 0 Å². The van der Waals surface area contributed by atoms with E-state index in [1.54, 1.807) is 0 Å². The molecule has 2 unspecified atom stereocenters. The molecule has 0 amide bonds. The molecule has 1 N–H and O–H groups in total. The van der Waals surface area contributed by atoms with Gasteiger partial charge in [0.25, 0.3) is 0 Å². The predicted octanol–water partition coefficient (Wildman–Crippen LogP) is 4.52. The lowest BCUT2D eigenvalue weighted by atomic mass is 9.80. The Hall–Kier alpha value is -1.90. The smallest absolute Gasteiger partial charge is 0.0952 e. The lowest BCUT2D eigenvalue weighted by molar-refractivity contribution is -0.114. The second-order valence-corrected chi connectivity index (χ2v) is 7.09. The van der Waals surface area contributed by atoms with Crippen LogP contribution in [0.4, 0.5) is 0 Å². The fourth-order valence-electron chi connectivity index (χ4n) is 4.58. The molecule has 0 radical (unpaired) electrons. The Morgan fingerprint density at radius 3 is 2.17 bits per heavy atom. The molecule has 2 nitrogen and oxygen atoms in total. The molecule has 3 aromatic rings. The van der Waals surface area contributed by atoms with Crippen LogP contribution in [0, 0.1) is 0 Å². The molecule has 2 bridgehead atoms. The highest BCUT2D eigenvalue weighted by molar-refractivity contribution is 6.09. The summed E-state index contributed by atoms with van der Waals surface area (Å²) in [5.41, 5.74) is 0.306. The Bertz CT molecular complexity index is 887. The van der Waals surface area contributed by atoms with E-state index in [4.69, 9.17) is 4.74 Å². The normalized spacial score (nSPS) is 30.1. The van der Waals surface area contributed by atoms with E-state index in [0.29, 0.717) is 12.8 Å². The molecular formula is C21H20O2. The van der Waals surface area contributed by atoms with Gasteiger partial charge in [-0.2, -0.15) is 0 Å². The third-order valence-electron chi connectivity index (χ3n) is 5.60. The first-order valence-electron chi connectivity index (χ1n) is 8.52. The summed E-state index contributed by atoms with van der Waals surface area (Å²) in [6.07, 6.45) is 4.02. The van der Waals surface area contributed by atoms with Crippen LogP contribution in [0.2, 0.25) is 0 Å². The van der Waals surface area contributed by atoms with Gasteiger partial charge >= 0.3 is 0 Å². The van der Waals surface area contributed by atoms with Crippen LogP contribution in [0.25, 0.3) is 21.5 Å². The molecule has 2 heteroatoms. The zero-order valence-corrected chi connectivity index (χ0v) is 13.0. The van der Waals surface area contributed by atoms with Gasteiger partial charge < -0.3 is 9.84 Å². The van der Waals surface area contributed by atoms with Crippen molar-refractivity contribution < 1.29 is 9.84 Å². The summed E-state index contributed by atoms with van der Waals surface area (Å²) in [5, 5.41) is 16.4. The van der Waals surface area contributed by atoms with Crippen LogP contribution in [-0.2, 0) is 10.3 Å². The van der Waals surface area contributed by atoms with Crippen LogP contribution in [0.5, 0.6) is 0 Å². The first kappa shape index (κ1) is 13.5. The van der Waals surface area contributed by atoms with E-state index in [0.717, 1.165) is 18.4 Å². The second-order valence-electron chi connectivity index (χ2n) is 7.09. The van der Waals surface area contributed by atoms with Crippen LogP contribution in [0.15, 0.2) is 54.6 Å². The molecule has 2 saturated heterocycles. The Morgan fingerprint density at radius 2 is 1.43 bits per heavy atom. The number of benzene rings is 3. The van der Waals surface area contributed by atoms with Crippen LogP contribution < -0.4 is 0 Å². The maximum absolute atomic E-state index is 11.5. The van der Waals surface area contributed by atoms with Crippen molar-refractivity contribution in [3.05, 3.63) is 60.2 Å². The molecule has 2 aliphatic rings. The lowest BCUT2D eigenvalue weighted by Gasteiger charge is -2.37. The minimum atomic E-state index is -0.770. The van der Waals surface area contributed by atoms with Crippen molar-refractivity contribution in [2.75, 3.05) is 0 Å². The van der Waals surface area contributed by atoms with E-state index in [1.807, 2.05) is 0 Å². The maximum Gasteiger partial charge on any atom is 0.0952 e. The maximum atomic E-state index is 11.5. The predicted molar refractivity (Wildman–Crippen MR) is 92.5 cm³/mol. The van der Waals surface area contributed by atoms with Crippen LogP contribution in [0.3, 0.4) is 0 Å². The molecule has 0 saturated carbocycles.